The highest BCUT2D eigenvalue weighted by molar-refractivity contribution is 5.89. The Morgan fingerprint density at radius 3 is 2.76 bits per heavy atom. The molecule has 2 rings (SSSR count). The highest BCUT2D eigenvalue weighted by Crippen LogP contribution is 2.20. The summed E-state index contributed by atoms with van der Waals surface area (Å²) < 4.78 is 19.2. The monoisotopic (exact) mass is 351 g/mol. The summed E-state index contributed by atoms with van der Waals surface area (Å²) in [5.41, 5.74) is 0.103. The Morgan fingerprint density at radius 2 is 2.16 bits per heavy atom. The molecular formula is C18H26FN3O3. The lowest BCUT2D eigenvalue weighted by Gasteiger charge is -2.35. The third-order valence-corrected chi connectivity index (χ3v) is 3.97. The van der Waals surface area contributed by atoms with Gasteiger partial charge in [0.1, 0.15) is 11.6 Å². The summed E-state index contributed by atoms with van der Waals surface area (Å²) in [5, 5.41) is 5.64. The number of halogens is 1. The molecule has 138 valence electrons. The van der Waals surface area contributed by atoms with Crippen LogP contribution in [0.15, 0.2) is 18.2 Å². The van der Waals surface area contributed by atoms with E-state index < -0.39 is 6.04 Å². The first kappa shape index (κ1) is 19.2. The van der Waals surface area contributed by atoms with Gasteiger partial charge in [0.05, 0.1) is 19.6 Å². The van der Waals surface area contributed by atoms with Gasteiger partial charge in [-0.1, -0.05) is 6.07 Å². The molecule has 1 aliphatic rings. The number of piperazine rings is 1. The lowest BCUT2D eigenvalue weighted by molar-refractivity contribution is -0.134. The largest absolute Gasteiger partial charge is 0.497 e. The van der Waals surface area contributed by atoms with Crippen molar-refractivity contribution in [2.75, 3.05) is 20.2 Å². The minimum Gasteiger partial charge on any atom is -0.497 e. The highest BCUT2D eigenvalue weighted by Gasteiger charge is 2.32. The van der Waals surface area contributed by atoms with Crippen molar-refractivity contribution < 1.29 is 18.7 Å². The third kappa shape index (κ3) is 5.42. The van der Waals surface area contributed by atoms with Crippen molar-refractivity contribution in [1.82, 2.24) is 15.5 Å². The summed E-state index contributed by atoms with van der Waals surface area (Å²) in [7, 11) is 1.48. The minimum absolute atomic E-state index is 0.0425. The summed E-state index contributed by atoms with van der Waals surface area (Å²) in [6.45, 7) is 6.96. The fourth-order valence-electron chi connectivity index (χ4n) is 2.82. The van der Waals surface area contributed by atoms with Crippen molar-refractivity contribution in [1.29, 1.82) is 0 Å². The van der Waals surface area contributed by atoms with Gasteiger partial charge in [-0.15, -0.1) is 0 Å². The average molecular weight is 351 g/mol. The SMILES string of the molecule is COc1ccc(CN2CCNC(=O)[C@@H]2CC(=O)NC(C)(C)C)c(F)c1. The molecule has 0 aromatic heterocycles. The van der Waals surface area contributed by atoms with Gasteiger partial charge in [0.2, 0.25) is 11.8 Å². The molecule has 7 heteroatoms. The van der Waals surface area contributed by atoms with Crippen molar-refractivity contribution in [3.05, 3.63) is 29.6 Å². The van der Waals surface area contributed by atoms with Crippen molar-refractivity contribution in [2.24, 2.45) is 0 Å². The van der Waals surface area contributed by atoms with E-state index in [0.29, 0.717) is 24.4 Å². The number of nitrogens with one attached hydrogen (secondary N) is 2. The van der Waals surface area contributed by atoms with Gasteiger partial charge in [-0.05, 0) is 26.8 Å². The van der Waals surface area contributed by atoms with Crippen LogP contribution in [0.2, 0.25) is 0 Å². The molecule has 0 unspecified atom stereocenters. The summed E-state index contributed by atoms with van der Waals surface area (Å²) in [4.78, 5) is 26.3. The number of amides is 2. The van der Waals surface area contributed by atoms with Gasteiger partial charge in [-0.3, -0.25) is 14.5 Å². The molecular weight excluding hydrogens is 325 g/mol. The molecule has 1 fully saturated rings. The highest BCUT2D eigenvalue weighted by atomic mass is 19.1. The lowest BCUT2D eigenvalue weighted by Crippen LogP contribution is -2.56. The van der Waals surface area contributed by atoms with Gasteiger partial charge in [-0.25, -0.2) is 4.39 Å². The predicted molar refractivity (Wildman–Crippen MR) is 92.7 cm³/mol. The Balaban J connectivity index is 2.11. The summed E-state index contributed by atoms with van der Waals surface area (Å²) in [6, 6.07) is 4.04. The zero-order chi connectivity index (χ0) is 18.6. The Kier molecular flexibility index (Phi) is 6.00. The predicted octanol–water partition coefficient (Wildman–Crippen LogP) is 1.44. The van der Waals surface area contributed by atoms with Crippen LogP contribution >= 0.6 is 0 Å². The number of ether oxygens (including phenoxy) is 1. The van der Waals surface area contributed by atoms with Gasteiger partial charge < -0.3 is 15.4 Å². The molecule has 6 nitrogen and oxygen atoms in total. The van der Waals surface area contributed by atoms with E-state index in [-0.39, 0.29) is 36.1 Å². The van der Waals surface area contributed by atoms with Crippen LogP contribution in [0.25, 0.3) is 0 Å². The first-order valence-electron chi connectivity index (χ1n) is 8.35. The van der Waals surface area contributed by atoms with Crippen molar-refractivity contribution in [2.45, 2.75) is 45.3 Å². The van der Waals surface area contributed by atoms with Crippen molar-refractivity contribution >= 4 is 11.8 Å². The number of carbonyl (C=O) groups excluding carboxylic acids is 2. The molecule has 0 spiro atoms. The molecule has 2 N–H and O–H groups in total. The van der Waals surface area contributed by atoms with Crippen LogP contribution in [-0.4, -0.2) is 48.5 Å². The third-order valence-electron chi connectivity index (χ3n) is 3.97. The van der Waals surface area contributed by atoms with Crippen LogP contribution in [0.4, 0.5) is 4.39 Å². The smallest absolute Gasteiger partial charge is 0.237 e. The van der Waals surface area contributed by atoms with Gasteiger partial charge in [0.25, 0.3) is 0 Å². The minimum atomic E-state index is -0.613. The maximum Gasteiger partial charge on any atom is 0.237 e. The first-order valence-corrected chi connectivity index (χ1v) is 8.35. The number of methoxy groups -OCH3 is 1. The summed E-state index contributed by atoms with van der Waals surface area (Å²) in [6.07, 6.45) is 0.0425. The number of carbonyl (C=O) groups is 2. The van der Waals surface area contributed by atoms with Crippen LogP contribution in [0.5, 0.6) is 5.75 Å². The van der Waals surface area contributed by atoms with Crippen LogP contribution in [0, 0.1) is 5.82 Å². The molecule has 0 saturated carbocycles. The molecule has 1 aromatic carbocycles. The Bertz CT molecular complexity index is 643. The van der Waals surface area contributed by atoms with E-state index in [1.807, 2.05) is 25.7 Å². The van der Waals surface area contributed by atoms with Crippen molar-refractivity contribution in [3.8, 4) is 5.75 Å². The number of rotatable bonds is 5. The molecule has 2 amide bonds. The van der Waals surface area contributed by atoms with Gasteiger partial charge in [0.15, 0.2) is 0 Å². The second-order valence-electron chi connectivity index (χ2n) is 7.24. The van der Waals surface area contributed by atoms with E-state index in [1.165, 1.54) is 13.2 Å². The second-order valence-corrected chi connectivity index (χ2v) is 7.24. The van der Waals surface area contributed by atoms with Gasteiger partial charge in [0, 0.05) is 36.8 Å². The fourth-order valence-corrected chi connectivity index (χ4v) is 2.82. The second kappa shape index (κ2) is 7.82. The molecule has 0 radical (unpaired) electrons. The average Bonchev–Trinajstić information content (AvgIpc) is 2.50. The normalized spacial score (nSPS) is 18.6. The molecule has 1 saturated heterocycles. The van der Waals surface area contributed by atoms with Gasteiger partial charge in [-0.2, -0.15) is 0 Å². The van der Waals surface area contributed by atoms with E-state index in [0.717, 1.165) is 0 Å². The number of nitrogens with zero attached hydrogens (tertiary/aromatic N) is 1. The molecule has 1 aromatic rings. The van der Waals surface area contributed by atoms with E-state index in [2.05, 4.69) is 10.6 Å². The fraction of sp³-hybridized carbons (Fsp3) is 0.556. The molecule has 1 heterocycles. The number of hydrogen-bond donors (Lipinski definition) is 2. The van der Waals surface area contributed by atoms with Crippen LogP contribution in [-0.2, 0) is 16.1 Å². The van der Waals surface area contributed by atoms with Crippen LogP contribution < -0.4 is 15.4 Å². The molecule has 0 bridgehead atoms. The Morgan fingerprint density at radius 1 is 1.44 bits per heavy atom. The maximum absolute atomic E-state index is 14.2. The Labute approximate surface area is 147 Å². The van der Waals surface area contributed by atoms with Crippen LogP contribution in [0.3, 0.4) is 0 Å². The summed E-state index contributed by atoms with van der Waals surface area (Å²) >= 11 is 0. The zero-order valence-corrected chi connectivity index (χ0v) is 15.2. The molecule has 1 aliphatic heterocycles. The van der Waals surface area contributed by atoms with Gasteiger partial charge >= 0.3 is 0 Å². The standard InChI is InChI=1S/C18H26FN3O3/c1-18(2,3)21-16(23)10-15-17(24)20-7-8-22(15)11-12-5-6-13(25-4)9-14(12)19/h5-6,9,15H,7-8,10-11H2,1-4H3,(H,20,24)(H,21,23)/t15-/m0/s1. The number of benzene rings is 1. The van der Waals surface area contributed by atoms with E-state index in [9.17, 15) is 14.0 Å². The topological polar surface area (TPSA) is 70.7 Å². The molecule has 0 aliphatic carbocycles. The number of hydrogen-bond acceptors (Lipinski definition) is 4. The van der Waals surface area contributed by atoms with E-state index in [1.54, 1.807) is 12.1 Å². The quantitative estimate of drug-likeness (QED) is 0.842. The lowest BCUT2D eigenvalue weighted by atomic mass is 10.0. The summed E-state index contributed by atoms with van der Waals surface area (Å²) in [5.74, 6) is -0.346. The maximum atomic E-state index is 14.2. The van der Waals surface area contributed by atoms with E-state index >= 15 is 0 Å². The van der Waals surface area contributed by atoms with E-state index in [4.69, 9.17) is 4.74 Å². The van der Waals surface area contributed by atoms with Crippen molar-refractivity contribution in [3.63, 3.8) is 0 Å². The first-order chi connectivity index (χ1) is 11.7. The molecule has 1 atom stereocenters. The van der Waals surface area contributed by atoms with Crippen LogP contribution in [0.1, 0.15) is 32.8 Å². The molecule has 25 heavy (non-hydrogen) atoms. The zero-order valence-electron chi connectivity index (χ0n) is 15.2. The Hall–Kier alpha value is -2.15.